The Hall–Kier alpha value is -3.07. The molecule has 3 aromatic carbocycles. The van der Waals surface area contributed by atoms with Crippen molar-refractivity contribution in [3.63, 3.8) is 0 Å². The quantitative estimate of drug-likeness (QED) is 0.667. The molecule has 0 aliphatic carbocycles. The number of methoxy groups -OCH3 is 1. The van der Waals surface area contributed by atoms with Crippen LogP contribution in [0.4, 0.5) is 0 Å². The summed E-state index contributed by atoms with van der Waals surface area (Å²) in [5.41, 5.74) is 2.78. The first-order valence-corrected chi connectivity index (χ1v) is 7.64. The Bertz CT molecular complexity index is 795. The van der Waals surface area contributed by atoms with Crippen LogP contribution in [0.25, 0.3) is 11.1 Å². The second-order valence-electron chi connectivity index (χ2n) is 5.24. The molecule has 1 atom stereocenters. The fourth-order valence-corrected chi connectivity index (χ4v) is 2.55. The predicted molar refractivity (Wildman–Crippen MR) is 93.9 cm³/mol. The fraction of sp³-hybridized carbons (Fsp3) is 0.0952. The summed E-state index contributed by atoms with van der Waals surface area (Å²) in [5.74, 6) is 1.32. The smallest absolute Gasteiger partial charge is 0.247 e. The molecule has 0 heterocycles. The molecule has 3 aromatic rings. The van der Waals surface area contributed by atoms with E-state index in [1.54, 1.807) is 31.4 Å². The van der Waals surface area contributed by atoms with Crippen LogP contribution in [0.2, 0.25) is 0 Å². The molecule has 0 fully saturated rings. The van der Waals surface area contributed by atoms with Crippen LogP contribution in [0.1, 0.15) is 11.7 Å². The molecule has 3 nitrogen and oxygen atoms in total. The molecule has 3 rings (SSSR count). The lowest BCUT2D eigenvalue weighted by atomic mass is 9.96. The number of carbonyl (C=O) groups excluding carboxylic acids is 1. The predicted octanol–water partition coefficient (Wildman–Crippen LogP) is 4.59. The topological polar surface area (TPSA) is 35.5 Å². The van der Waals surface area contributed by atoms with Gasteiger partial charge in [-0.3, -0.25) is 4.79 Å². The van der Waals surface area contributed by atoms with Crippen molar-refractivity contribution in [2.75, 3.05) is 7.11 Å². The maximum atomic E-state index is 11.5. The first-order chi connectivity index (χ1) is 11.8. The van der Waals surface area contributed by atoms with Crippen LogP contribution < -0.4 is 9.47 Å². The van der Waals surface area contributed by atoms with Crippen molar-refractivity contribution < 1.29 is 14.3 Å². The van der Waals surface area contributed by atoms with Crippen LogP contribution in [-0.4, -0.2) is 13.4 Å². The maximum absolute atomic E-state index is 11.5. The van der Waals surface area contributed by atoms with Crippen LogP contribution >= 0.6 is 0 Å². The van der Waals surface area contributed by atoms with Gasteiger partial charge in [-0.1, -0.05) is 54.6 Å². The Balaban J connectivity index is 1.92. The van der Waals surface area contributed by atoms with E-state index >= 15 is 0 Å². The third-order valence-electron chi connectivity index (χ3n) is 3.75. The second kappa shape index (κ2) is 7.47. The summed E-state index contributed by atoms with van der Waals surface area (Å²) in [6.07, 6.45) is 1.21. The molecule has 0 spiro atoms. The molecule has 0 amide bonds. The van der Waals surface area contributed by atoms with Crippen molar-refractivity contribution in [3.05, 3.63) is 84.4 Å². The Labute approximate surface area is 141 Å². The minimum atomic E-state index is -0.796. The molecule has 1 unspecified atom stereocenters. The van der Waals surface area contributed by atoms with E-state index in [0.29, 0.717) is 5.75 Å². The molecule has 3 heteroatoms. The van der Waals surface area contributed by atoms with Gasteiger partial charge >= 0.3 is 0 Å². The van der Waals surface area contributed by atoms with Crippen LogP contribution in [0.15, 0.2) is 78.9 Å². The van der Waals surface area contributed by atoms with E-state index in [1.807, 2.05) is 60.9 Å². The van der Waals surface area contributed by atoms with Gasteiger partial charge in [0.2, 0.25) is 6.29 Å². The van der Waals surface area contributed by atoms with Crippen molar-refractivity contribution in [1.29, 1.82) is 0 Å². The Morgan fingerprint density at radius 3 is 2.08 bits per heavy atom. The zero-order valence-electron chi connectivity index (χ0n) is 13.3. The molecular weight excluding hydrogens is 300 g/mol. The normalized spacial score (nSPS) is 11.5. The molecule has 0 aliphatic rings. The van der Waals surface area contributed by atoms with E-state index in [1.165, 1.54) is 0 Å². The summed E-state index contributed by atoms with van der Waals surface area (Å²) >= 11 is 0. The van der Waals surface area contributed by atoms with Gasteiger partial charge in [0, 0.05) is 5.56 Å². The summed E-state index contributed by atoms with van der Waals surface area (Å²) in [6.45, 7) is 0. The minimum absolute atomic E-state index is 0.590. The van der Waals surface area contributed by atoms with Crippen molar-refractivity contribution in [1.82, 2.24) is 0 Å². The van der Waals surface area contributed by atoms with Gasteiger partial charge in [-0.25, -0.2) is 0 Å². The van der Waals surface area contributed by atoms with Crippen LogP contribution in [-0.2, 0) is 4.79 Å². The highest BCUT2D eigenvalue weighted by atomic mass is 16.5. The first-order valence-electron chi connectivity index (χ1n) is 7.64. The lowest BCUT2D eigenvalue weighted by molar-refractivity contribution is 0.265. The summed E-state index contributed by atoms with van der Waals surface area (Å²) in [5, 5.41) is 0. The standard InChI is InChI=1S/C21H17O3/c1-23-17-11-13-18(14-12-17)24-21(15-22)20-10-6-5-9-19(20)16-7-3-2-4-8-16/h2-14,21H,1H3. The highest BCUT2D eigenvalue weighted by molar-refractivity contribution is 5.73. The van der Waals surface area contributed by atoms with Crippen molar-refractivity contribution >= 4 is 6.29 Å². The SMILES string of the molecule is COc1ccc(OC([C]=O)c2ccccc2-c2ccccc2)cc1. The molecule has 1 radical (unpaired) electrons. The van der Waals surface area contributed by atoms with E-state index in [2.05, 4.69) is 0 Å². The average molecular weight is 317 g/mol. The van der Waals surface area contributed by atoms with Crippen molar-refractivity contribution in [2.24, 2.45) is 0 Å². The zero-order valence-corrected chi connectivity index (χ0v) is 13.3. The van der Waals surface area contributed by atoms with E-state index < -0.39 is 6.10 Å². The van der Waals surface area contributed by atoms with Crippen LogP contribution in [0, 0.1) is 0 Å². The summed E-state index contributed by atoms with van der Waals surface area (Å²) in [4.78, 5) is 11.5. The average Bonchev–Trinajstić information content (AvgIpc) is 2.67. The van der Waals surface area contributed by atoms with Gasteiger partial charge in [0.15, 0.2) is 6.10 Å². The van der Waals surface area contributed by atoms with Gasteiger partial charge < -0.3 is 9.47 Å². The molecule has 24 heavy (non-hydrogen) atoms. The van der Waals surface area contributed by atoms with E-state index in [0.717, 1.165) is 22.4 Å². The molecule has 119 valence electrons. The van der Waals surface area contributed by atoms with Gasteiger partial charge in [-0.05, 0) is 35.4 Å². The number of hydrogen-bond donors (Lipinski definition) is 0. The Morgan fingerprint density at radius 1 is 0.792 bits per heavy atom. The third kappa shape index (κ3) is 3.46. The number of hydrogen-bond acceptors (Lipinski definition) is 3. The zero-order chi connectivity index (χ0) is 16.8. The second-order valence-corrected chi connectivity index (χ2v) is 5.24. The Morgan fingerprint density at radius 2 is 1.42 bits per heavy atom. The molecule has 0 saturated heterocycles. The molecule has 0 saturated carbocycles. The maximum Gasteiger partial charge on any atom is 0.247 e. The third-order valence-corrected chi connectivity index (χ3v) is 3.75. The van der Waals surface area contributed by atoms with E-state index in [-0.39, 0.29) is 0 Å². The largest absolute Gasteiger partial charge is 0.497 e. The van der Waals surface area contributed by atoms with Crippen LogP contribution in [0.5, 0.6) is 11.5 Å². The monoisotopic (exact) mass is 317 g/mol. The minimum Gasteiger partial charge on any atom is -0.497 e. The van der Waals surface area contributed by atoms with Crippen LogP contribution in [0.3, 0.4) is 0 Å². The lowest BCUT2D eigenvalue weighted by Gasteiger charge is -2.17. The number of rotatable bonds is 6. The van der Waals surface area contributed by atoms with Gasteiger partial charge in [0.25, 0.3) is 0 Å². The van der Waals surface area contributed by atoms with E-state index in [9.17, 15) is 4.79 Å². The summed E-state index contributed by atoms with van der Waals surface area (Å²) in [6, 6.07) is 24.7. The molecule has 0 N–H and O–H groups in total. The summed E-state index contributed by atoms with van der Waals surface area (Å²) < 4.78 is 11.0. The first kappa shape index (κ1) is 15.8. The summed E-state index contributed by atoms with van der Waals surface area (Å²) in [7, 11) is 1.61. The molecular formula is C21H17O3. The Kier molecular flexibility index (Phi) is 4.92. The molecule has 0 bridgehead atoms. The lowest BCUT2D eigenvalue weighted by Crippen LogP contribution is -2.10. The van der Waals surface area contributed by atoms with Crippen molar-refractivity contribution in [2.45, 2.75) is 6.10 Å². The van der Waals surface area contributed by atoms with Gasteiger partial charge in [-0.15, -0.1) is 0 Å². The van der Waals surface area contributed by atoms with Gasteiger partial charge in [-0.2, -0.15) is 0 Å². The number of ether oxygens (including phenoxy) is 2. The van der Waals surface area contributed by atoms with Gasteiger partial charge in [0.1, 0.15) is 11.5 Å². The van der Waals surface area contributed by atoms with Gasteiger partial charge in [0.05, 0.1) is 7.11 Å². The number of benzene rings is 3. The molecule has 0 aromatic heterocycles. The highest BCUT2D eigenvalue weighted by Gasteiger charge is 2.18. The highest BCUT2D eigenvalue weighted by Crippen LogP contribution is 2.30. The van der Waals surface area contributed by atoms with E-state index in [4.69, 9.17) is 9.47 Å². The van der Waals surface area contributed by atoms with Crippen molar-refractivity contribution in [3.8, 4) is 22.6 Å². The fourth-order valence-electron chi connectivity index (χ4n) is 2.55. The molecule has 0 aliphatic heterocycles.